The Hall–Kier alpha value is -1.75. The molecule has 118 valence electrons. The van der Waals surface area contributed by atoms with E-state index in [1.54, 1.807) is 27.2 Å². The van der Waals surface area contributed by atoms with Gasteiger partial charge in [0.15, 0.2) is 11.5 Å². The zero-order chi connectivity index (χ0) is 16.0. The smallest absolute Gasteiger partial charge is 0.253 e. The van der Waals surface area contributed by atoms with Crippen LogP contribution in [0.1, 0.15) is 26.3 Å². The molecule has 1 amide bonds. The van der Waals surface area contributed by atoms with E-state index in [1.165, 1.54) is 0 Å². The normalized spacial score (nSPS) is 12.1. The number of methoxy groups -OCH3 is 2. The summed E-state index contributed by atoms with van der Waals surface area (Å²) in [6.45, 7) is 8.29. The fourth-order valence-electron chi connectivity index (χ4n) is 1.76. The van der Waals surface area contributed by atoms with E-state index in [0.717, 1.165) is 5.56 Å². The minimum Gasteiger partial charge on any atom is -0.493 e. The highest BCUT2D eigenvalue weighted by Crippen LogP contribution is 2.32. The molecule has 1 aromatic rings. The molecule has 0 aromatic heterocycles. The van der Waals surface area contributed by atoms with Crippen molar-refractivity contribution in [3.05, 3.63) is 17.7 Å². The molecule has 1 aromatic carbocycles. The number of anilines is 1. The SMILES string of the molecule is COc1cc(C)c(NC(=O)[C@@H](C)OCC(C)C)cc1OC. The van der Waals surface area contributed by atoms with E-state index in [2.05, 4.69) is 5.32 Å². The summed E-state index contributed by atoms with van der Waals surface area (Å²) in [6, 6.07) is 3.58. The molecule has 0 fully saturated rings. The van der Waals surface area contributed by atoms with Crippen LogP contribution >= 0.6 is 0 Å². The fraction of sp³-hybridized carbons (Fsp3) is 0.562. The summed E-state index contributed by atoms with van der Waals surface area (Å²) in [5, 5.41) is 2.86. The second-order valence-electron chi connectivity index (χ2n) is 5.38. The van der Waals surface area contributed by atoms with Gasteiger partial charge in [-0.2, -0.15) is 0 Å². The number of hydrogen-bond acceptors (Lipinski definition) is 4. The molecule has 0 saturated carbocycles. The van der Waals surface area contributed by atoms with E-state index in [-0.39, 0.29) is 5.91 Å². The van der Waals surface area contributed by atoms with Crippen LogP contribution in [0.4, 0.5) is 5.69 Å². The molecular weight excluding hydrogens is 270 g/mol. The third-order valence-corrected chi connectivity index (χ3v) is 3.04. The van der Waals surface area contributed by atoms with Crippen LogP contribution in [-0.2, 0) is 9.53 Å². The third kappa shape index (κ3) is 4.93. The highest BCUT2D eigenvalue weighted by molar-refractivity contribution is 5.95. The Labute approximate surface area is 126 Å². The molecule has 0 saturated heterocycles. The van der Waals surface area contributed by atoms with Crippen molar-refractivity contribution in [1.29, 1.82) is 0 Å². The zero-order valence-corrected chi connectivity index (χ0v) is 13.6. The van der Waals surface area contributed by atoms with Crippen molar-refractivity contribution < 1.29 is 19.0 Å². The summed E-state index contributed by atoms with van der Waals surface area (Å²) in [7, 11) is 3.14. The van der Waals surface area contributed by atoms with E-state index in [1.807, 2.05) is 26.8 Å². The highest BCUT2D eigenvalue weighted by atomic mass is 16.5. The molecule has 1 rings (SSSR count). The summed E-state index contributed by atoms with van der Waals surface area (Å²) in [5.74, 6) is 1.43. The van der Waals surface area contributed by atoms with Crippen molar-refractivity contribution >= 4 is 11.6 Å². The number of nitrogens with one attached hydrogen (secondary N) is 1. The summed E-state index contributed by atoms with van der Waals surface area (Å²) in [5.41, 5.74) is 1.59. The predicted octanol–water partition coefficient (Wildman–Crippen LogP) is 3.01. The number of carbonyl (C=O) groups is 1. The lowest BCUT2D eigenvalue weighted by atomic mass is 10.1. The summed E-state index contributed by atoms with van der Waals surface area (Å²) in [4.78, 5) is 12.1. The number of rotatable bonds is 7. The first-order valence-electron chi connectivity index (χ1n) is 7.04. The van der Waals surface area contributed by atoms with E-state index in [9.17, 15) is 4.79 Å². The predicted molar refractivity (Wildman–Crippen MR) is 83.2 cm³/mol. The lowest BCUT2D eigenvalue weighted by molar-refractivity contribution is -0.126. The molecule has 0 aliphatic rings. The molecular formula is C16H25NO4. The maximum Gasteiger partial charge on any atom is 0.253 e. The average molecular weight is 295 g/mol. The Morgan fingerprint density at radius 1 is 1.14 bits per heavy atom. The van der Waals surface area contributed by atoms with Gasteiger partial charge in [0.05, 0.1) is 14.2 Å². The standard InChI is InChI=1S/C16H25NO4/c1-10(2)9-21-12(4)16(18)17-13-8-15(20-6)14(19-5)7-11(13)3/h7-8,10,12H,9H2,1-6H3,(H,17,18)/t12-/m1/s1. The molecule has 0 heterocycles. The van der Waals surface area contributed by atoms with Gasteiger partial charge in [-0.05, 0) is 31.4 Å². The van der Waals surface area contributed by atoms with Gasteiger partial charge in [0.1, 0.15) is 6.10 Å². The van der Waals surface area contributed by atoms with Crippen LogP contribution in [0.2, 0.25) is 0 Å². The van der Waals surface area contributed by atoms with Crippen LogP contribution < -0.4 is 14.8 Å². The number of hydrogen-bond donors (Lipinski definition) is 1. The van der Waals surface area contributed by atoms with Crippen molar-refractivity contribution in [2.45, 2.75) is 33.8 Å². The third-order valence-electron chi connectivity index (χ3n) is 3.04. The topological polar surface area (TPSA) is 56.8 Å². The Balaban J connectivity index is 2.80. The summed E-state index contributed by atoms with van der Waals surface area (Å²) < 4.78 is 16.0. The molecule has 0 spiro atoms. The van der Waals surface area contributed by atoms with Crippen molar-refractivity contribution in [2.24, 2.45) is 5.92 Å². The first-order chi connectivity index (χ1) is 9.88. The Bertz CT molecular complexity index is 485. The number of amides is 1. The van der Waals surface area contributed by atoms with Crippen LogP contribution in [-0.4, -0.2) is 32.8 Å². The molecule has 5 nitrogen and oxygen atoms in total. The monoisotopic (exact) mass is 295 g/mol. The molecule has 0 radical (unpaired) electrons. The van der Waals surface area contributed by atoms with Gasteiger partial charge < -0.3 is 19.5 Å². The largest absolute Gasteiger partial charge is 0.493 e. The number of benzene rings is 1. The fourth-order valence-corrected chi connectivity index (χ4v) is 1.76. The number of carbonyl (C=O) groups excluding carboxylic acids is 1. The van der Waals surface area contributed by atoms with E-state index < -0.39 is 6.10 Å². The van der Waals surface area contributed by atoms with Crippen LogP contribution in [0.15, 0.2) is 12.1 Å². The molecule has 1 atom stereocenters. The molecule has 0 aliphatic heterocycles. The van der Waals surface area contributed by atoms with Crippen LogP contribution in [0.25, 0.3) is 0 Å². The second kappa shape index (κ2) is 7.88. The summed E-state index contributed by atoms with van der Waals surface area (Å²) in [6.07, 6.45) is -0.500. The van der Waals surface area contributed by atoms with Crippen molar-refractivity contribution in [3.63, 3.8) is 0 Å². The van der Waals surface area contributed by atoms with Crippen molar-refractivity contribution in [3.8, 4) is 11.5 Å². The quantitative estimate of drug-likeness (QED) is 0.840. The Morgan fingerprint density at radius 3 is 2.24 bits per heavy atom. The second-order valence-corrected chi connectivity index (χ2v) is 5.38. The minimum absolute atomic E-state index is 0.175. The number of aryl methyl sites for hydroxylation is 1. The Kier molecular flexibility index (Phi) is 6.49. The van der Waals surface area contributed by atoms with Gasteiger partial charge in [-0.15, -0.1) is 0 Å². The van der Waals surface area contributed by atoms with E-state index in [4.69, 9.17) is 14.2 Å². The molecule has 0 unspecified atom stereocenters. The van der Waals surface area contributed by atoms with Crippen molar-refractivity contribution in [2.75, 3.05) is 26.1 Å². The first kappa shape index (κ1) is 17.3. The van der Waals surface area contributed by atoms with Gasteiger partial charge in [0.25, 0.3) is 5.91 Å². The van der Waals surface area contributed by atoms with Gasteiger partial charge in [-0.3, -0.25) is 4.79 Å². The van der Waals surface area contributed by atoms with Gasteiger partial charge in [-0.1, -0.05) is 13.8 Å². The maximum absolute atomic E-state index is 12.1. The van der Waals surface area contributed by atoms with E-state index in [0.29, 0.717) is 29.7 Å². The van der Waals surface area contributed by atoms with Gasteiger partial charge in [-0.25, -0.2) is 0 Å². The van der Waals surface area contributed by atoms with Gasteiger partial charge in [0, 0.05) is 18.4 Å². The van der Waals surface area contributed by atoms with E-state index >= 15 is 0 Å². The zero-order valence-electron chi connectivity index (χ0n) is 13.6. The molecule has 0 aliphatic carbocycles. The summed E-state index contributed by atoms with van der Waals surface area (Å²) >= 11 is 0. The van der Waals surface area contributed by atoms with Crippen LogP contribution in [0.5, 0.6) is 11.5 Å². The maximum atomic E-state index is 12.1. The van der Waals surface area contributed by atoms with Gasteiger partial charge in [0.2, 0.25) is 0 Å². The van der Waals surface area contributed by atoms with Crippen LogP contribution in [0, 0.1) is 12.8 Å². The molecule has 5 heteroatoms. The Morgan fingerprint density at radius 2 is 1.71 bits per heavy atom. The van der Waals surface area contributed by atoms with Gasteiger partial charge >= 0.3 is 0 Å². The lowest BCUT2D eigenvalue weighted by Crippen LogP contribution is -2.29. The molecule has 21 heavy (non-hydrogen) atoms. The molecule has 1 N–H and O–H groups in total. The molecule has 0 bridgehead atoms. The number of ether oxygens (including phenoxy) is 3. The van der Waals surface area contributed by atoms with Crippen LogP contribution in [0.3, 0.4) is 0 Å². The lowest BCUT2D eigenvalue weighted by Gasteiger charge is -2.17. The first-order valence-corrected chi connectivity index (χ1v) is 7.04. The van der Waals surface area contributed by atoms with Crippen molar-refractivity contribution in [1.82, 2.24) is 0 Å². The average Bonchev–Trinajstić information content (AvgIpc) is 2.45. The highest BCUT2D eigenvalue weighted by Gasteiger charge is 2.16. The minimum atomic E-state index is -0.500.